The smallest absolute Gasteiger partial charge is 0.357 e. The number of thioether (sulfide) groups is 1. The Hall–Kier alpha value is -1.93. The maximum absolute atomic E-state index is 12.7. The molecule has 0 spiro atoms. The maximum atomic E-state index is 12.7. The van der Waals surface area contributed by atoms with Crippen molar-refractivity contribution in [2.75, 3.05) is 11.6 Å². The summed E-state index contributed by atoms with van der Waals surface area (Å²) in [4.78, 5) is 15.9. The number of nitrogens with one attached hydrogen (secondary N) is 2. The van der Waals surface area contributed by atoms with Gasteiger partial charge in [-0.2, -0.15) is 13.2 Å². The third-order valence-corrected chi connectivity index (χ3v) is 3.89. The summed E-state index contributed by atoms with van der Waals surface area (Å²) in [6.07, 6.45) is -1.32. The zero-order chi connectivity index (χ0) is 17.7. The van der Waals surface area contributed by atoms with Crippen LogP contribution in [0.1, 0.15) is 15.9 Å². The molecule has 4 nitrogen and oxygen atoms in total. The average Bonchev–Trinajstić information content (AvgIpc) is 2.53. The fraction of sp³-hybridized carbons (Fsp3) is 0.200. The van der Waals surface area contributed by atoms with Crippen molar-refractivity contribution in [2.24, 2.45) is 0 Å². The first-order valence-electron chi connectivity index (χ1n) is 6.68. The molecule has 2 aromatic rings. The van der Waals surface area contributed by atoms with E-state index in [4.69, 9.17) is 11.6 Å². The lowest BCUT2D eigenvalue weighted by atomic mass is 10.2. The Morgan fingerprint density at radius 1 is 1.29 bits per heavy atom. The first-order chi connectivity index (χ1) is 11.3. The molecule has 0 bridgehead atoms. The van der Waals surface area contributed by atoms with Gasteiger partial charge in [-0.15, -0.1) is 11.8 Å². The molecule has 128 valence electrons. The minimum atomic E-state index is -4.43. The second-order valence-electron chi connectivity index (χ2n) is 4.68. The highest BCUT2D eigenvalue weighted by molar-refractivity contribution is 7.99. The normalized spacial score (nSPS) is 12.5. The number of amides is 1. The van der Waals surface area contributed by atoms with E-state index >= 15 is 0 Å². The lowest BCUT2D eigenvalue weighted by Crippen LogP contribution is -2.38. The molecule has 1 heterocycles. The standard InChI is InChI=1S/C15H13ClF3N3OS/c1-24-14(22-13(23)9-5-6-20-12(16)7-9)21-11-4-2-3-10(8-11)15(17,18)19/h2-8,14,21H,1H3,(H,22,23). The number of hydrogen-bond donors (Lipinski definition) is 2. The number of hydrogen-bond acceptors (Lipinski definition) is 4. The number of benzene rings is 1. The SMILES string of the molecule is CSC(NC(=O)c1ccnc(Cl)c1)Nc1cccc(C(F)(F)F)c1. The molecule has 0 aliphatic heterocycles. The minimum Gasteiger partial charge on any atom is -0.357 e. The number of rotatable bonds is 5. The number of pyridine rings is 1. The van der Waals surface area contributed by atoms with Gasteiger partial charge in [0, 0.05) is 17.4 Å². The molecular formula is C15H13ClF3N3OS. The van der Waals surface area contributed by atoms with Crippen LogP contribution in [0.25, 0.3) is 0 Å². The molecular weight excluding hydrogens is 363 g/mol. The molecule has 1 atom stereocenters. The predicted molar refractivity (Wildman–Crippen MR) is 89.1 cm³/mol. The number of halogens is 4. The Morgan fingerprint density at radius 2 is 2.04 bits per heavy atom. The van der Waals surface area contributed by atoms with Crippen LogP contribution in [-0.2, 0) is 6.18 Å². The summed E-state index contributed by atoms with van der Waals surface area (Å²) < 4.78 is 38.2. The molecule has 1 unspecified atom stereocenters. The van der Waals surface area contributed by atoms with Crippen molar-refractivity contribution in [3.05, 3.63) is 58.9 Å². The van der Waals surface area contributed by atoms with E-state index < -0.39 is 23.1 Å². The summed E-state index contributed by atoms with van der Waals surface area (Å²) >= 11 is 6.96. The van der Waals surface area contributed by atoms with E-state index in [-0.39, 0.29) is 10.8 Å². The van der Waals surface area contributed by atoms with Gasteiger partial charge in [-0.05, 0) is 36.6 Å². The Kier molecular flexibility index (Phi) is 5.95. The summed E-state index contributed by atoms with van der Waals surface area (Å²) in [6, 6.07) is 7.65. The van der Waals surface area contributed by atoms with Gasteiger partial charge in [-0.1, -0.05) is 17.7 Å². The van der Waals surface area contributed by atoms with Crippen molar-refractivity contribution in [1.82, 2.24) is 10.3 Å². The number of carbonyl (C=O) groups excluding carboxylic acids is 1. The second-order valence-corrected chi connectivity index (χ2v) is 6.01. The van der Waals surface area contributed by atoms with Gasteiger partial charge in [0.1, 0.15) is 10.7 Å². The molecule has 1 aromatic heterocycles. The van der Waals surface area contributed by atoms with Gasteiger partial charge in [0.25, 0.3) is 5.91 Å². The van der Waals surface area contributed by atoms with Gasteiger partial charge in [0.2, 0.25) is 0 Å². The maximum Gasteiger partial charge on any atom is 0.416 e. The Labute approximate surface area is 145 Å². The minimum absolute atomic E-state index is 0.175. The Balaban J connectivity index is 2.08. The Bertz CT molecular complexity index is 727. The number of carbonyl (C=O) groups is 1. The highest BCUT2D eigenvalue weighted by Gasteiger charge is 2.30. The van der Waals surface area contributed by atoms with Gasteiger partial charge in [0.05, 0.1) is 5.56 Å². The van der Waals surface area contributed by atoms with Crippen molar-refractivity contribution in [1.29, 1.82) is 0 Å². The molecule has 0 radical (unpaired) electrons. The summed E-state index contributed by atoms with van der Waals surface area (Å²) in [5, 5.41) is 5.68. The Morgan fingerprint density at radius 3 is 2.67 bits per heavy atom. The largest absolute Gasteiger partial charge is 0.416 e. The van der Waals surface area contributed by atoms with Crippen LogP contribution < -0.4 is 10.6 Å². The number of alkyl halides is 3. The van der Waals surface area contributed by atoms with E-state index in [1.165, 1.54) is 42.2 Å². The third-order valence-electron chi connectivity index (χ3n) is 2.97. The van der Waals surface area contributed by atoms with Crippen molar-refractivity contribution < 1.29 is 18.0 Å². The molecule has 2 rings (SSSR count). The van der Waals surface area contributed by atoms with E-state index in [1.54, 1.807) is 6.26 Å². The van der Waals surface area contributed by atoms with Crippen LogP contribution in [0.2, 0.25) is 5.15 Å². The van der Waals surface area contributed by atoms with E-state index in [1.807, 2.05) is 0 Å². The van der Waals surface area contributed by atoms with Crippen molar-refractivity contribution in [3.8, 4) is 0 Å². The molecule has 0 aliphatic carbocycles. The molecule has 2 N–H and O–H groups in total. The number of aromatic nitrogens is 1. The van der Waals surface area contributed by atoms with Crippen LogP contribution >= 0.6 is 23.4 Å². The highest BCUT2D eigenvalue weighted by atomic mass is 35.5. The quantitative estimate of drug-likeness (QED) is 0.606. The van der Waals surface area contributed by atoms with Crippen LogP contribution in [0, 0.1) is 0 Å². The van der Waals surface area contributed by atoms with E-state index in [9.17, 15) is 18.0 Å². The van der Waals surface area contributed by atoms with Gasteiger partial charge >= 0.3 is 6.18 Å². The fourth-order valence-electron chi connectivity index (χ4n) is 1.84. The lowest BCUT2D eigenvalue weighted by Gasteiger charge is -2.20. The second kappa shape index (κ2) is 7.76. The van der Waals surface area contributed by atoms with Crippen LogP contribution in [-0.4, -0.2) is 22.6 Å². The molecule has 0 saturated heterocycles. The van der Waals surface area contributed by atoms with Crippen molar-refractivity contribution in [3.63, 3.8) is 0 Å². The predicted octanol–water partition coefficient (Wildman–Crippen LogP) is 4.24. The lowest BCUT2D eigenvalue weighted by molar-refractivity contribution is -0.137. The molecule has 9 heteroatoms. The third kappa shape index (κ3) is 5.04. The zero-order valence-electron chi connectivity index (χ0n) is 12.4. The molecule has 0 saturated carbocycles. The summed E-state index contributed by atoms with van der Waals surface area (Å²) in [5.41, 5.74) is -0.829. The molecule has 24 heavy (non-hydrogen) atoms. The van der Waals surface area contributed by atoms with E-state index in [2.05, 4.69) is 15.6 Å². The van der Waals surface area contributed by atoms with Crippen LogP contribution in [0.5, 0.6) is 0 Å². The zero-order valence-corrected chi connectivity index (χ0v) is 14.0. The van der Waals surface area contributed by atoms with E-state index in [0.29, 0.717) is 5.56 Å². The van der Waals surface area contributed by atoms with Crippen LogP contribution in [0.4, 0.5) is 18.9 Å². The summed E-state index contributed by atoms with van der Waals surface area (Å²) in [6.45, 7) is 0. The fourth-order valence-corrected chi connectivity index (χ4v) is 2.49. The van der Waals surface area contributed by atoms with Crippen LogP contribution in [0.3, 0.4) is 0 Å². The number of nitrogens with zero attached hydrogens (tertiary/aromatic N) is 1. The molecule has 0 aliphatic rings. The average molecular weight is 376 g/mol. The first kappa shape index (κ1) is 18.4. The topological polar surface area (TPSA) is 54.0 Å². The van der Waals surface area contributed by atoms with Gasteiger partial charge in [0.15, 0.2) is 0 Å². The van der Waals surface area contributed by atoms with Gasteiger partial charge in [-0.25, -0.2) is 4.98 Å². The molecule has 0 fully saturated rings. The van der Waals surface area contributed by atoms with Gasteiger partial charge < -0.3 is 10.6 Å². The van der Waals surface area contributed by atoms with Crippen LogP contribution in [0.15, 0.2) is 42.6 Å². The van der Waals surface area contributed by atoms with Gasteiger partial charge in [-0.3, -0.25) is 4.79 Å². The monoisotopic (exact) mass is 375 g/mol. The molecule has 1 amide bonds. The van der Waals surface area contributed by atoms with E-state index in [0.717, 1.165) is 12.1 Å². The summed E-state index contributed by atoms with van der Waals surface area (Å²) in [5.74, 6) is -0.418. The van der Waals surface area contributed by atoms with Crippen molar-refractivity contribution in [2.45, 2.75) is 11.7 Å². The summed E-state index contributed by atoms with van der Waals surface area (Å²) in [7, 11) is 0. The number of anilines is 1. The first-order valence-corrected chi connectivity index (χ1v) is 8.35. The highest BCUT2D eigenvalue weighted by Crippen LogP contribution is 2.31. The van der Waals surface area contributed by atoms with Crippen molar-refractivity contribution >= 4 is 35.0 Å². The molecule has 1 aromatic carbocycles.